The summed E-state index contributed by atoms with van der Waals surface area (Å²) >= 11 is 1.24. The molecule has 0 radical (unpaired) electrons. The van der Waals surface area contributed by atoms with Gasteiger partial charge < -0.3 is 5.11 Å². The zero-order valence-corrected chi connectivity index (χ0v) is 11.6. The van der Waals surface area contributed by atoms with E-state index in [0.29, 0.717) is 5.56 Å². The van der Waals surface area contributed by atoms with Gasteiger partial charge in [0.15, 0.2) is 0 Å². The summed E-state index contributed by atoms with van der Waals surface area (Å²) in [6.07, 6.45) is 0. The van der Waals surface area contributed by atoms with Crippen LogP contribution in [0.25, 0.3) is 0 Å². The number of rotatable bonds is 5. The Hall–Kier alpha value is -0.650. The Balaban J connectivity index is 2.90. The van der Waals surface area contributed by atoms with Gasteiger partial charge in [-0.25, -0.2) is 8.78 Å². The summed E-state index contributed by atoms with van der Waals surface area (Å²) in [7, 11) is 0. The summed E-state index contributed by atoms with van der Waals surface area (Å²) in [6.45, 7) is 4.63. The van der Waals surface area contributed by atoms with Crippen molar-refractivity contribution in [3.63, 3.8) is 0 Å². The first-order valence-corrected chi connectivity index (χ1v) is 6.55. The SMILES string of the molecule is CC(C)(C)SNC(c1ccccc1)C(F)(F)CO. The van der Waals surface area contributed by atoms with Crippen LogP contribution in [-0.2, 0) is 0 Å². The molecule has 1 aromatic rings. The van der Waals surface area contributed by atoms with Gasteiger partial charge in [0.1, 0.15) is 12.6 Å². The summed E-state index contributed by atoms with van der Waals surface area (Å²) < 4.78 is 30.1. The Bertz CT molecular complexity index is 365. The maximum absolute atomic E-state index is 13.8. The molecule has 0 amide bonds. The molecular weight excluding hydrogens is 256 g/mol. The van der Waals surface area contributed by atoms with Crippen LogP contribution in [0.2, 0.25) is 0 Å². The van der Waals surface area contributed by atoms with E-state index in [9.17, 15) is 8.78 Å². The van der Waals surface area contributed by atoms with E-state index in [1.165, 1.54) is 11.9 Å². The van der Waals surface area contributed by atoms with Crippen LogP contribution in [0.1, 0.15) is 32.4 Å². The second-order valence-electron chi connectivity index (χ2n) is 5.10. The molecule has 0 aliphatic carbocycles. The van der Waals surface area contributed by atoms with E-state index in [0.717, 1.165) is 0 Å². The van der Waals surface area contributed by atoms with Gasteiger partial charge in [-0.15, -0.1) is 0 Å². The van der Waals surface area contributed by atoms with Gasteiger partial charge in [0.25, 0.3) is 5.92 Å². The van der Waals surface area contributed by atoms with Crippen LogP contribution in [0.4, 0.5) is 8.78 Å². The van der Waals surface area contributed by atoms with Crippen LogP contribution >= 0.6 is 11.9 Å². The van der Waals surface area contributed by atoms with Gasteiger partial charge >= 0.3 is 0 Å². The zero-order chi connectivity index (χ0) is 13.8. The third-order valence-corrected chi connectivity index (χ3v) is 3.21. The summed E-state index contributed by atoms with van der Waals surface area (Å²) in [5.41, 5.74) is 0.466. The predicted octanol–water partition coefficient (Wildman–Crippen LogP) is 3.39. The van der Waals surface area contributed by atoms with E-state index in [2.05, 4.69) is 4.72 Å². The minimum atomic E-state index is -3.19. The highest BCUT2D eigenvalue weighted by Crippen LogP contribution is 2.34. The van der Waals surface area contributed by atoms with Crippen molar-refractivity contribution in [2.24, 2.45) is 0 Å². The number of hydrogen-bond donors (Lipinski definition) is 2. The predicted molar refractivity (Wildman–Crippen MR) is 71.7 cm³/mol. The monoisotopic (exact) mass is 275 g/mol. The van der Waals surface area contributed by atoms with E-state index in [1.54, 1.807) is 30.3 Å². The average Bonchev–Trinajstić information content (AvgIpc) is 2.29. The molecule has 0 saturated carbocycles. The van der Waals surface area contributed by atoms with Crippen LogP contribution in [-0.4, -0.2) is 22.4 Å². The lowest BCUT2D eigenvalue weighted by Gasteiger charge is -2.29. The van der Waals surface area contributed by atoms with E-state index in [4.69, 9.17) is 5.11 Å². The molecular formula is C13H19F2NOS. The molecule has 0 aliphatic heterocycles. The van der Waals surface area contributed by atoms with Gasteiger partial charge in [0, 0.05) is 4.75 Å². The molecule has 2 N–H and O–H groups in total. The number of nitrogens with one attached hydrogen (secondary N) is 1. The van der Waals surface area contributed by atoms with Crippen LogP contribution in [0.15, 0.2) is 30.3 Å². The van der Waals surface area contributed by atoms with Crippen molar-refractivity contribution in [3.05, 3.63) is 35.9 Å². The van der Waals surface area contributed by atoms with Crippen LogP contribution < -0.4 is 4.72 Å². The van der Waals surface area contributed by atoms with E-state index in [-0.39, 0.29) is 4.75 Å². The largest absolute Gasteiger partial charge is 0.390 e. The van der Waals surface area contributed by atoms with E-state index >= 15 is 0 Å². The first-order valence-electron chi connectivity index (χ1n) is 5.73. The zero-order valence-electron chi connectivity index (χ0n) is 10.8. The molecule has 0 bridgehead atoms. The first kappa shape index (κ1) is 15.4. The Labute approximate surface area is 111 Å². The van der Waals surface area contributed by atoms with Gasteiger partial charge in [-0.2, -0.15) is 0 Å². The highest BCUT2D eigenvalue weighted by atomic mass is 32.2. The fourth-order valence-corrected chi connectivity index (χ4v) is 2.15. The van der Waals surface area contributed by atoms with E-state index < -0.39 is 18.6 Å². The molecule has 1 aromatic carbocycles. The summed E-state index contributed by atoms with van der Waals surface area (Å²) in [5, 5.41) is 8.86. The minimum absolute atomic E-state index is 0.182. The Morgan fingerprint density at radius 2 is 1.78 bits per heavy atom. The van der Waals surface area contributed by atoms with Crippen molar-refractivity contribution >= 4 is 11.9 Å². The molecule has 0 aliphatic rings. The summed E-state index contributed by atoms with van der Waals surface area (Å²) in [5.74, 6) is -3.19. The highest BCUT2D eigenvalue weighted by Gasteiger charge is 2.40. The van der Waals surface area contributed by atoms with Gasteiger partial charge in [0.05, 0.1) is 0 Å². The standard InChI is InChI=1S/C13H19F2NOS/c1-12(2,3)18-16-11(13(14,15)9-17)10-7-5-4-6-8-10/h4-8,11,16-17H,9H2,1-3H3. The number of aliphatic hydroxyl groups excluding tert-OH is 1. The maximum Gasteiger partial charge on any atom is 0.290 e. The fraction of sp³-hybridized carbons (Fsp3) is 0.538. The number of aliphatic hydroxyl groups is 1. The second kappa shape index (κ2) is 5.99. The Morgan fingerprint density at radius 1 is 1.22 bits per heavy atom. The second-order valence-corrected chi connectivity index (χ2v) is 6.76. The molecule has 0 spiro atoms. The molecule has 0 heterocycles. The third kappa shape index (κ3) is 4.55. The summed E-state index contributed by atoms with van der Waals surface area (Å²) in [6, 6.07) is 7.25. The molecule has 0 saturated heterocycles. The summed E-state index contributed by atoms with van der Waals surface area (Å²) in [4.78, 5) is 0. The molecule has 18 heavy (non-hydrogen) atoms. The van der Waals surface area contributed by atoms with Gasteiger partial charge in [-0.3, -0.25) is 4.72 Å². The molecule has 0 aromatic heterocycles. The van der Waals surface area contributed by atoms with Crippen LogP contribution in [0.5, 0.6) is 0 Å². The lowest BCUT2D eigenvalue weighted by molar-refractivity contribution is -0.0748. The van der Waals surface area contributed by atoms with Gasteiger partial charge in [0.2, 0.25) is 0 Å². The van der Waals surface area contributed by atoms with Crippen molar-refractivity contribution in [1.29, 1.82) is 0 Å². The molecule has 102 valence electrons. The third-order valence-electron chi connectivity index (χ3n) is 2.25. The van der Waals surface area contributed by atoms with Crippen LogP contribution in [0, 0.1) is 0 Å². The van der Waals surface area contributed by atoms with Gasteiger partial charge in [-0.1, -0.05) is 42.3 Å². The topological polar surface area (TPSA) is 32.3 Å². The first-order chi connectivity index (χ1) is 8.26. The molecule has 1 atom stereocenters. The van der Waals surface area contributed by atoms with Crippen molar-refractivity contribution < 1.29 is 13.9 Å². The Kier molecular flexibility index (Phi) is 5.13. The molecule has 2 nitrogen and oxygen atoms in total. The minimum Gasteiger partial charge on any atom is -0.390 e. The van der Waals surface area contributed by atoms with Crippen molar-refractivity contribution in [2.45, 2.75) is 37.5 Å². The number of benzene rings is 1. The van der Waals surface area contributed by atoms with Crippen molar-refractivity contribution in [2.75, 3.05) is 6.61 Å². The van der Waals surface area contributed by atoms with Crippen LogP contribution in [0.3, 0.4) is 0 Å². The number of alkyl halides is 2. The Morgan fingerprint density at radius 3 is 2.22 bits per heavy atom. The number of hydrogen-bond acceptors (Lipinski definition) is 3. The number of halogens is 2. The highest BCUT2D eigenvalue weighted by molar-refractivity contribution is 7.98. The molecule has 1 rings (SSSR count). The fourth-order valence-electron chi connectivity index (χ4n) is 1.37. The van der Waals surface area contributed by atoms with Crippen molar-refractivity contribution in [1.82, 2.24) is 4.72 Å². The van der Waals surface area contributed by atoms with E-state index in [1.807, 2.05) is 20.8 Å². The maximum atomic E-state index is 13.8. The van der Waals surface area contributed by atoms with Gasteiger partial charge in [-0.05, 0) is 26.3 Å². The van der Waals surface area contributed by atoms with Crippen molar-refractivity contribution in [3.8, 4) is 0 Å². The molecule has 0 fully saturated rings. The lowest BCUT2D eigenvalue weighted by Crippen LogP contribution is -2.38. The smallest absolute Gasteiger partial charge is 0.290 e. The normalized spacial score (nSPS) is 14.6. The lowest BCUT2D eigenvalue weighted by atomic mass is 10.0. The molecule has 1 unspecified atom stereocenters. The average molecular weight is 275 g/mol. The molecule has 5 heteroatoms. The quantitative estimate of drug-likeness (QED) is 0.808.